The van der Waals surface area contributed by atoms with E-state index in [1.807, 2.05) is 19.9 Å². The molecule has 0 aliphatic carbocycles. The molecule has 0 radical (unpaired) electrons. The van der Waals surface area contributed by atoms with E-state index in [1.54, 1.807) is 18.3 Å². The van der Waals surface area contributed by atoms with E-state index < -0.39 is 0 Å². The number of pyridine rings is 1. The quantitative estimate of drug-likeness (QED) is 0.864. The van der Waals surface area contributed by atoms with Crippen LogP contribution in [0.25, 0.3) is 0 Å². The summed E-state index contributed by atoms with van der Waals surface area (Å²) in [5.74, 6) is 1.88. The molecule has 0 aliphatic rings. The van der Waals surface area contributed by atoms with Gasteiger partial charge in [-0.1, -0.05) is 12.1 Å². The number of carbonyl (C=O) groups excluding carboxylic acids is 1. The Kier molecular flexibility index (Phi) is 4.12. The predicted molar refractivity (Wildman–Crippen MR) is 72.3 cm³/mol. The zero-order valence-corrected chi connectivity index (χ0v) is 10.9. The fourth-order valence-corrected chi connectivity index (χ4v) is 1.55. The molecule has 0 aliphatic heterocycles. The van der Waals surface area contributed by atoms with Crippen LogP contribution in [0.3, 0.4) is 0 Å². The lowest BCUT2D eigenvalue weighted by molar-refractivity contribution is -0.116. The Morgan fingerprint density at radius 2 is 2.21 bits per heavy atom. The van der Waals surface area contributed by atoms with Crippen molar-refractivity contribution in [2.45, 2.75) is 26.7 Å². The average molecular weight is 260 g/mol. The molecule has 2 N–H and O–H groups in total. The van der Waals surface area contributed by atoms with Crippen molar-refractivity contribution in [2.75, 3.05) is 10.6 Å². The third kappa shape index (κ3) is 3.80. The first-order valence-corrected chi connectivity index (χ1v) is 6.13. The number of hydrogen-bond donors (Lipinski definition) is 2. The number of aryl methyl sites for hydroxylation is 1. The Morgan fingerprint density at radius 3 is 2.79 bits per heavy atom. The van der Waals surface area contributed by atoms with Gasteiger partial charge >= 0.3 is 0 Å². The molecule has 0 aromatic carbocycles. The molecule has 0 unspecified atom stereocenters. The minimum absolute atomic E-state index is 0.0252. The summed E-state index contributed by atoms with van der Waals surface area (Å²) in [5, 5.41) is 9.60. The van der Waals surface area contributed by atoms with E-state index in [4.69, 9.17) is 4.52 Å². The SMILES string of the molecule is CCCC(=O)Nc1ccc(Nc2cc(C)on2)cn1. The van der Waals surface area contributed by atoms with E-state index in [0.717, 1.165) is 17.9 Å². The predicted octanol–water partition coefficient (Wildman–Crippen LogP) is 2.86. The topological polar surface area (TPSA) is 80.0 Å². The molecule has 19 heavy (non-hydrogen) atoms. The van der Waals surface area contributed by atoms with Gasteiger partial charge in [0.15, 0.2) is 5.82 Å². The van der Waals surface area contributed by atoms with Crippen molar-refractivity contribution in [3.63, 3.8) is 0 Å². The van der Waals surface area contributed by atoms with Crippen LogP contribution in [0, 0.1) is 6.92 Å². The lowest BCUT2D eigenvalue weighted by Gasteiger charge is -2.05. The van der Waals surface area contributed by atoms with Crippen LogP contribution in [0.2, 0.25) is 0 Å². The maximum Gasteiger partial charge on any atom is 0.225 e. The maximum atomic E-state index is 11.4. The molecule has 2 heterocycles. The highest BCUT2D eigenvalue weighted by Crippen LogP contribution is 2.16. The van der Waals surface area contributed by atoms with Gasteiger partial charge < -0.3 is 15.2 Å². The monoisotopic (exact) mass is 260 g/mol. The number of hydrogen-bond acceptors (Lipinski definition) is 5. The van der Waals surface area contributed by atoms with E-state index in [9.17, 15) is 4.79 Å². The third-order valence-corrected chi connectivity index (χ3v) is 2.41. The standard InChI is InChI=1S/C13H16N4O2/c1-3-4-13(18)16-11-6-5-10(8-14-11)15-12-7-9(2)19-17-12/h5-8H,3-4H2,1-2H3,(H,15,17)(H,14,16,18). The number of amides is 1. The zero-order valence-electron chi connectivity index (χ0n) is 10.9. The molecule has 0 spiro atoms. The van der Waals surface area contributed by atoms with E-state index >= 15 is 0 Å². The van der Waals surface area contributed by atoms with Gasteiger partial charge in [0, 0.05) is 12.5 Å². The van der Waals surface area contributed by atoms with Crippen LogP contribution in [0.5, 0.6) is 0 Å². The smallest absolute Gasteiger partial charge is 0.225 e. The van der Waals surface area contributed by atoms with Crippen LogP contribution in [0.15, 0.2) is 28.9 Å². The van der Waals surface area contributed by atoms with Crippen molar-refractivity contribution in [3.05, 3.63) is 30.2 Å². The summed E-state index contributed by atoms with van der Waals surface area (Å²) in [5.41, 5.74) is 0.779. The van der Waals surface area contributed by atoms with Gasteiger partial charge in [-0.05, 0) is 25.5 Å². The number of nitrogens with zero attached hydrogens (tertiary/aromatic N) is 2. The van der Waals surface area contributed by atoms with Gasteiger partial charge in [0.05, 0.1) is 11.9 Å². The maximum absolute atomic E-state index is 11.4. The Balaban J connectivity index is 1.96. The molecule has 2 rings (SSSR count). The first-order chi connectivity index (χ1) is 9.17. The fraction of sp³-hybridized carbons (Fsp3) is 0.308. The normalized spacial score (nSPS) is 10.2. The molecule has 2 aromatic heterocycles. The highest BCUT2D eigenvalue weighted by atomic mass is 16.5. The summed E-state index contributed by atoms with van der Waals surface area (Å²) in [6.45, 7) is 3.78. The number of rotatable bonds is 5. The van der Waals surface area contributed by atoms with Crippen LogP contribution in [-0.2, 0) is 4.79 Å². The van der Waals surface area contributed by atoms with Gasteiger partial charge in [0.25, 0.3) is 0 Å². The van der Waals surface area contributed by atoms with Crippen molar-refractivity contribution >= 4 is 23.2 Å². The van der Waals surface area contributed by atoms with Gasteiger partial charge in [0.1, 0.15) is 11.6 Å². The summed E-state index contributed by atoms with van der Waals surface area (Å²) in [6, 6.07) is 5.35. The van der Waals surface area contributed by atoms with E-state index in [0.29, 0.717) is 18.1 Å². The minimum atomic E-state index is -0.0252. The van der Waals surface area contributed by atoms with Crippen LogP contribution in [0.1, 0.15) is 25.5 Å². The lowest BCUT2D eigenvalue weighted by Crippen LogP contribution is -2.11. The number of anilines is 3. The fourth-order valence-electron chi connectivity index (χ4n) is 1.55. The van der Waals surface area contributed by atoms with Crippen LogP contribution in [0.4, 0.5) is 17.3 Å². The van der Waals surface area contributed by atoms with Crippen molar-refractivity contribution in [1.82, 2.24) is 10.1 Å². The highest BCUT2D eigenvalue weighted by Gasteiger charge is 2.03. The number of nitrogens with one attached hydrogen (secondary N) is 2. The summed E-state index contributed by atoms with van der Waals surface area (Å²) >= 11 is 0. The van der Waals surface area contributed by atoms with Crippen molar-refractivity contribution in [3.8, 4) is 0 Å². The molecule has 6 nitrogen and oxygen atoms in total. The molecule has 100 valence electrons. The molecule has 1 amide bonds. The lowest BCUT2D eigenvalue weighted by atomic mass is 10.3. The average Bonchev–Trinajstić information content (AvgIpc) is 2.78. The second-order valence-electron chi connectivity index (χ2n) is 4.18. The van der Waals surface area contributed by atoms with E-state index in [-0.39, 0.29) is 5.91 Å². The van der Waals surface area contributed by atoms with E-state index in [2.05, 4.69) is 20.8 Å². The van der Waals surface area contributed by atoms with Gasteiger partial charge in [-0.2, -0.15) is 0 Å². The molecule has 0 saturated carbocycles. The minimum Gasteiger partial charge on any atom is -0.360 e. The van der Waals surface area contributed by atoms with Crippen LogP contribution >= 0.6 is 0 Å². The Labute approximate surface area is 111 Å². The van der Waals surface area contributed by atoms with Crippen molar-refractivity contribution in [1.29, 1.82) is 0 Å². The van der Waals surface area contributed by atoms with Crippen molar-refractivity contribution < 1.29 is 9.32 Å². The summed E-state index contributed by atoms with van der Waals surface area (Å²) in [4.78, 5) is 15.6. The third-order valence-electron chi connectivity index (χ3n) is 2.41. The molecule has 2 aromatic rings. The first kappa shape index (κ1) is 13.1. The molecule has 0 fully saturated rings. The molecular weight excluding hydrogens is 244 g/mol. The number of aromatic nitrogens is 2. The van der Waals surface area contributed by atoms with Crippen molar-refractivity contribution in [2.24, 2.45) is 0 Å². The van der Waals surface area contributed by atoms with Gasteiger partial charge in [-0.15, -0.1) is 0 Å². The second kappa shape index (κ2) is 5.99. The van der Waals surface area contributed by atoms with Gasteiger partial charge in [-0.25, -0.2) is 4.98 Å². The molecule has 6 heteroatoms. The number of carbonyl (C=O) groups is 1. The Morgan fingerprint density at radius 1 is 1.37 bits per heavy atom. The molecule has 0 atom stereocenters. The van der Waals surface area contributed by atoms with Crippen LogP contribution < -0.4 is 10.6 Å². The summed E-state index contributed by atoms with van der Waals surface area (Å²) in [6.07, 6.45) is 2.95. The first-order valence-electron chi connectivity index (χ1n) is 6.13. The van der Waals surface area contributed by atoms with E-state index in [1.165, 1.54) is 0 Å². The Bertz CT molecular complexity index is 548. The molecular formula is C13H16N4O2. The molecule has 0 saturated heterocycles. The van der Waals surface area contributed by atoms with Gasteiger partial charge in [-0.3, -0.25) is 4.79 Å². The van der Waals surface area contributed by atoms with Gasteiger partial charge in [0.2, 0.25) is 5.91 Å². The largest absolute Gasteiger partial charge is 0.360 e. The zero-order chi connectivity index (χ0) is 13.7. The summed E-state index contributed by atoms with van der Waals surface area (Å²) in [7, 11) is 0. The molecule has 0 bridgehead atoms. The highest BCUT2D eigenvalue weighted by molar-refractivity contribution is 5.89. The Hall–Kier alpha value is -2.37. The van der Waals surface area contributed by atoms with Crippen LogP contribution in [-0.4, -0.2) is 16.0 Å². The second-order valence-corrected chi connectivity index (χ2v) is 4.18. The summed E-state index contributed by atoms with van der Waals surface area (Å²) < 4.78 is 4.95.